The number of benzene rings is 6. The number of urea groups is 1. The summed E-state index contributed by atoms with van der Waals surface area (Å²) in [5.74, 6) is -1.12. The Kier molecular flexibility index (Phi) is 8.72. The highest BCUT2D eigenvalue weighted by atomic mass is 32.2. The molecule has 0 bridgehead atoms. The van der Waals surface area contributed by atoms with Crippen LogP contribution in [0, 0.1) is 0 Å². The number of anilines is 4. The van der Waals surface area contributed by atoms with E-state index < -0.39 is 47.6 Å². The number of nitrogen functional groups attached to an aromatic ring is 2. The standard InChI is InChI=1S/C33H26N8O9S2/c34-25-11-1-17-13-23(51(45,46)47)15-27(42)29(17)31(25)40(36)21-7-3-19(4-8-21)38-33(44)39-20-5-9-22(10-6-20)41(37)32-26(35)12-2-18-14-24(52(48,49)50)16-28(43)30(18)32/h1-16,42-43H,34-35H2,(H2,38,39,44)(H,45,46,47)(H,48,49,50). The van der Waals surface area contributed by atoms with Crippen LogP contribution in [0.3, 0.4) is 0 Å². The Morgan fingerprint density at radius 1 is 0.577 bits per heavy atom. The van der Waals surface area contributed by atoms with Crippen molar-refractivity contribution >= 4 is 93.3 Å². The van der Waals surface area contributed by atoms with Crippen LogP contribution >= 0.6 is 0 Å². The zero-order chi connectivity index (χ0) is 37.7. The van der Waals surface area contributed by atoms with Crippen LogP contribution in [0.25, 0.3) is 32.6 Å². The van der Waals surface area contributed by atoms with E-state index in [1.165, 1.54) is 72.8 Å². The molecule has 0 aromatic heterocycles. The SMILES string of the molecule is [N-]=[N+](c1ccc(NC(=O)Nc2ccc([N+](=[N-])c3c(N)ccc4cc(S(=O)(=O)O)cc(O)c34)cc2)cc1)c1c(N)ccc2cc(S(=O)(=O)O)cc(O)c12. The summed E-state index contributed by atoms with van der Waals surface area (Å²) in [6.07, 6.45) is 0. The molecule has 19 heteroatoms. The highest BCUT2D eigenvalue weighted by molar-refractivity contribution is 7.86. The van der Waals surface area contributed by atoms with Gasteiger partial charge < -0.3 is 43.4 Å². The van der Waals surface area contributed by atoms with Crippen molar-refractivity contribution in [1.29, 1.82) is 0 Å². The van der Waals surface area contributed by atoms with Gasteiger partial charge in [-0.05, 0) is 59.3 Å². The van der Waals surface area contributed by atoms with E-state index in [9.17, 15) is 52.0 Å². The minimum Gasteiger partial charge on any atom is -0.507 e. The lowest BCUT2D eigenvalue weighted by molar-refractivity contribution is 0.262. The predicted octanol–water partition coefficient (Wildman–Crippen LogP) is 6.42. The summed E-state index contributed by atoms with van der Waals surface area (Å²) in [6.45, 7) is 0. The molecule has 0 saturated carbocycles. The second-order valence-electron chi connectivity index (χ2n) is 11.3. The first kappa shape index (κ1) is 35.2. The average molecular weight is 743 g/mol. The Morgan fingerprint density at radius 3 is 1.25 bits per heavy atom. The van der Waals surface area contributed by atoms with Gasteiger partial charge in [0.25, 0.3) is 20.2 Å². The van der Waals surface area contributed by atoms with E-state index in [1.807, 2.05) is 0 Å². The Bertz CT molecular complexity index is 2540. The molecule has 10 N–H and O–H groups in total. The third kappa shape index (κ3) is 6.74. The van der Waals surface area contributed by atoms with Gasteiger partial charge in [-0.15, -0.1) is 0 Å². The second-order valence-corrected chi connectivity index (χ2v) is 14.2. The van der Waals surface area contributed by atoms with Gasteiger partial charge in [-0.1, -0.05) is 12.1 Å². The quantitative estimate of drug-likeness (QED) is 0.0364. The maximum Gasteiger partial charge on any atom is 0.323 e. The number of carbonyl (C=O) groups is 1. The molecule has 264 valence electrons. The van der Waals surface area contributed by atoms with Gasteiger partial charge in [0, 0.05) is 47.8 Å². The molecule has 0 atom stereocenters. The van der Waals surface area contributed by atoms with Crippen LogP contribution in [0.5, 0.6) is 11.5 Å². The topological polar surface area (TPSA) is 293 Å². The molecule has 0 unspecified atom stereocenters. The van der Waals surface area contributed by atoms with E-state index in [-0.39, 0.29) is 55.7 Å². The number of phenols is 2. The number of rotatable bonds is 8. The summed E-state index contributed by atoms with van der Waals surface area (Å²) in [6, 6.07) is 20.4. The largest absolute Gasteiger partial charge is 0.507 e. The van der Waals surface area contributed by atoms with Gasteiger partial charge in [-0.2, -0.15) is 16.8 Å². The van der Waals surface area contributed by atoms with Crippen LogP contribution in [-0.2, 0) is 20.2 Å². The number of hydrogen-bond acceptors (Lipinski definition) is 9. The lowest BCUT2D eigenvalue weighted by Crippen LogP contribution is -2.19. The van der Waals surface area contributed by atoms with E-state index in [0.29, 0.717) is 20.8 Å². The van der Waals surface area contributed by atoms with Crippen molar-refractivity contribution in [1.82, 2.24) is 9.39 Å². The molecule has 0 aliphatic heterocycles. The van der Waals surface area contributed by atoms with Crippen molar-refractivity contribution in [3.63, 3.8) is 0 Å². The summed E-state index contributed by atoms with van der Waals surface area (Å²) in [5.41, 5.74) is 35.2. The maximum atomic E-state index is 12.8. The van der Waals surface area contributed by atoms with Crippen molar-refractivity contribution in [2.24, 2.45) is 0 Å². The molecule has 6 aromatic rings. The fraction of sp³-hybridized carbons (Fsp3) is 0. The van der Waals surface area contributed by atoms with Crippen LogP contribution in [0.1, 0.15) is 0 Å². The number of nitrogens with zero attached hydrogens (tertiary/aromatic N) is 4. The number of nitrogens with one attached hydrogen (secondary N) is 2. The van der Waals surface area contributed by atoms with Crippen LogP contribution in [0.4, 0.5) is 50.3 Å². The Labute approximate surface area is 294 Å². The van der Waals surface area contributed by atoms with Gasteiger partial charge in [0.05, 0.1) is 20.6 Å². The van der Waals surface area contributed by atoms with Crippen molar-refractivity contribution in [2.45, 2.75) is 9.79 Å². The van der Waals surface area contributed by atoms with Gasteiger partial charge in [0.15, 0.2) is 11.4 Å². The summed E-state index contributed by atoms with van der Waals surface area (Å²) < 4.78 is 66.6. The molecule has 0 aliphatic rings. The molecule has 17 nitrogen and oxygen atoms in total. The highest BCUT2D eigenvalue weighted by Gasteiger charge is 2.24. The van der Waals surface area contributed by atoms with Crippen LogP contribution in [0.2, 0.25) is 0 Å². The van der Waals surface area contributed by atoms with Gasteiger partial charge in [-0.25, -0.2) is 14.2 Å². The van der Waals surface area contributed by atoms with E-state index in [1.54, 1.807) is 0 Å². The minimum absolute atomic E-state index is 0.0137. The van der Waals surface area contributed by atoms with Crippen LogP contribution in [-0.4, -0.2) is 42.2 Å². The Hall–Kier alpha value is -6.67. The summed E-state index contributed by atoms with van der Waals surface area (Å²) in [4.78, 5) is 11.7. The Morgan fingerprint density at radius 2 is 0.923 bits per heavy atom. The normalized spacial score (nSPS) is 11.7. The van der Waals surface area contributed by atoms with Gasteiger partial charge in [-0.3, -0.25) is 9.11 Å². The fourth-order valence-corrected chi connectivity index (χ4v) is 6.58. The average Bonchev–Trinajstić information content (AvgIpc) is 3.07. The molecule has 0 saturated heterocycles. The summed E-state index contributed by atoms with van der Waals surface area (Å²) in [5, 5.41) is 26.8. The molecule has 0 heterocycles. The molecule has 0 radical (unpaired) electrons. The van der Waals surface area contributed by atoms with E-state index in [0.717, 1.165) is 24.3 Å². The predicted molar refractivity (Wildman–Crippen MR) is 195 cm³/mol. The lowest BCUT2D eigenvalue weighted by Gasteiger charge is -2.14. The molecule has 6 aromatic carbocycles. The Balaban J connectivity index is 1.17. The summed E-state index contributed by atoms with van der Waals surface area (Å²) in [7, 11) is -9.26. The third-order valence-electron chi connectivity index (χ3n) is 7.91. The molecular weight excluding hydrogens is 717 g/mol. The van der Waals surface area contributed by atoms with Crippen molar-refractivity contribution in [3.05, 3.63) is 108 Å². The van der Waals surface area contributed by atoms with Gasteiger partial charge >= 0.3 is 6.03 Å². The van der Waals surface area contributed by atoms with E-state index in [2.05, 4.69) is 10.6 Å². The number of phenolic OH excluding ortho intramolecular Hbond substituents is 2. The van der Waals surface area contributed by atoms with Crippen molar-refractivity contribution in [2.75, 3.05) is 22.1 Å². The number of nitrogens with two attached hydrogens (primary N) is 2. The monoisotopic (exact) mass is 742 g/mol. The molecule has 6 rings (SSSR count). The number of amides is 2. The number of hydrogen-bond donors (Lipinski definition) is 8. The van der Waals surface area contributed by atoms with Crippen LogP contribution < -0.4 is 31.5 Å². The van der Waals surface area contributed by atoms with Gasteiger partial charge in [0.2, 0.25) is 11.4 Å². The molecule has 2 amide bonds. The van der Waals surface area contributed by atoms with Gasteiger partial charge in [0.1, 0.15) is 22.9 Å². The highest BCUT2D eigenvalue weighted by Crippen LogP contribution is 2.42. The zero-order valence-corrected chi connectivity index (χ0v) is 28.0. The molecule has 52 heavy (non-hydrogen) atoms. The lowest BCUT2D eigenvalue weighted by atomic mass is 10.1. The first-order valence-electron chi connectivity index (χ1n) is 14.7. The molecule has 0 fully saturated rings. The molecule has 0 spiro atoms. The number of aromatic hydroxyl groups is 2. The first-order valence-corrected chi connectivity index (χ1v) is 17.6. The fourth-order valence-electron chi connectivity index (χ4n) is 5.51. The molecular formula is C33H26N8O9S2. The van der Waals surface area contributed by atoms with Crippen LogP contribution in [0.15, 0.2) is 107 Å². The van der Waals surface area contributed by atoms with Crippen molar-refractivity contribution < 1.29 is 40.9 Å². The smallest absolute Gasteiger partial charge is 0.323 e. The zero-order valence-electron chi connectivity index (χ0n) is 26.3. The number of carbonyl (C=O) groups excluding carboxylic acids is 1. The first-order chi connectivity index (χ1) is 24.4. The van der Waals surface area contributed by atoms with E-state index in [4.69, 9.17) is 11.5 Å². The van der Waals surface area contributed by atoms with Crippen molar-refractivity contribution in [3.8, 4) is 11.5 Å². The number of fused-ring (bicyclic) bond motifs is 2. The maximum absolute atomic E-state index is 12.8. The minimum atomic E-state index is -4.63. The molecule has 0 aliphatic carbocycles. The summed E-state index contributed by atoms with van der Waals surface area (Å²) >= 11 is 0. The third-order valence-corrected chi connectivity index (χ3v) is 9.57. The van der Waals surface area contributed by atoms with E-state index >= 15 is 0 Å². The second kappa shape index (κ2) is 12.9.